The van der Waals surface area contributed by atoms with Crippen LogP contribution in [0, 0.1) is 5.41 Å². The Morgan fingerprint density at radius 2 is 2.17 bits per heavy atom. The molecule has 0 aromatic heterocycles. The second kappa shape index (κ2) is 10.9. The Kier molecular flexibility index (Phi) is 10.5. The summed E-state index contributed by atoms with van der Waals surface area (Å²) in [5.41, 5.74) is 0.342. The summed E-state index contributed by atoms with van der Waals surface area (Å²) >= 11 is 0. The molecule has 134 valence electrons. The topological polar surface area (TPSA) is 47.9 Å². The van der Waals surface area contributed by atoms with Crippen molar-refractivity contribution in [2.24, 2.45) is 10.4 Å². The molecule has 1 aliphatic rings. The highest BCUT2D eigenvalue weighted by molar-refractivity contribution is 14.0. The summed E-state index contributed by atoms with van der Waals surface area (Å²) < 4.78 is 0. The Morgan fingerprint density at radius 1 is 1.48 bits per heavy atom. The van der Waals surface area contributed by atoms with Crippen molar-refractivity contribution in [2.75, 3.05) is 40.3 Å². The molecule has 0 radical (unpaired) electrons. The maximum Gasteiger partial charge on any atom is 0.243 e. The SMILES string of the molecule is C=CCNC(=NCC(=O)N(C)C)N1CCCC(C)(CCC)C1.I. The lowest BCUT2D eigenvalue weighted by molar-refractivity contribution is -0.127. The first kappa shape index (κ1) is 22.2. The lowest BCUT2D eigenvalue weighted by Gasteiger charge is -2.42. The molecule has 1 amide bonds. The van der Waals surface area contributed by atoms with Crippen LogP contribution in [0.15, 0.2) is 17.6 Å². The molecule has 1 heterocycles. The number of nitrogens with zero attached hydrogens (tertiary/aromatic N) is 3. The van der Waals surface area contributed by atoms with Gasteiger partial charge in [0.15, 0.2) is 5.96 Å². The number of hydrogen-bond donors (Lipinski definition) is 1. The van der Waals surface area contributed by atoms with Gasteiger partial charge in [0.2, 0.25) is 5.91 Å². The van der Waals surface area contributed by atoms with Gasteiger partial charge in [-0.25, -0.2) is 4.99 Å². The van der Waals surface area contributed by atoms with Crippen LogP contribution in [-0.4, -0.2) is 61.9 Å². The molecule has 6 heteroatoms. The molecule has 1 N–H and O–H groups in total. The van der Waals surface area contributed by atoms with Crippen molar-refractivity contribution >= 4 is 35.8 Å². The third-order valence-electron chi connectivity index (χ3n) is 4.20. The van der Waals surface area contributed by atoms with Crippen LogP contribution in [0.4, 0.5) is 0 Å². The number of halogens is 1. The minimum Gasteiger partial charge on any atom is -0.353 e. The van der Waals surface area contributed by atoms with Gasteiger partial charge in [-0.05, 0) is 24.7 Å². The standard InChI is InChI=1S/C17H32N4O.HI/c1-6-9-17(3)10-8-12-21(14-17)16(18-11-7-2)19-13-15(22)20(4)5;/h7H,2,6,8-14H2,1,3-5H3,(H,18,19);1H. The summed E-state index contributed by atoms with van der Waals surface area (Å²) in [6.45, 7) is 11.2. The Hall–Kier alpha value is -0.790. The van der Waals surface area contributed by atoms with Crippen molar-refractivity contribution < 1.29 is 4.79 Å². The summed E-state index contributed by atoms with van der Waals surface area (Å²) in [7, 11) is 3.52. The van der Waals surface area contributed by atoms with Crippen molar-refractivity contribution in [2.45, 2.75) is 39.5 Å². The van der Waals surface area contributed by atoms with Crippen LogP contribution >= 0.6 is 24.0 Å². The van der Waals surface area contributed by atoms with Crippen LogP contribution in [0.25, 0.3) is 0 Å². The van der Waals surface area contributed by atoms with Crippen LogP contribution < -0.4 is 5.32 Å². The van der Waals surface area contributed by atoms with Crippen molar-refractivity contribution in [1.29, 1.82) is 0 Å². The maximum absolute atomic E-state index is 11.8. The van der Waals surface area contributed by atoms with Gasteiger partial charge in [-0.3, -0.25) is 4.79 Å². The highest BCUT2D eigenvalue weighted by Crippen LogP contribution is 2.33. The number of piperidine rings is 1. The molecule has 5 nitrogen and oxygen atoms in total. The van der Waals surface area contributed by atoms with Crippen LogP contribution in [0.1, 0.15) is 39.5 Å². The number of hydrogen-bond acceptors (Lipinski definition) is 2. The summed E-state index contributed by atoms with van der Waals surface area (Å²) in [6, 6.07) is 0. The molecule has 0 spiro atoms. The van der Waals surface area contributed by atoms with Crippen molar-refractivity contribution in [3.05, 3.63) is 12.7 Å². The molecule has 0 aliphatic carbocycles. The van der Waals surface area contributed by atoms with Gasteiger partial charge in [-0.15, -0.1) is 30.6 Å². The number of amides is 1. The van der Waals surface area contributed by atoms with Gasteiger partial charge in [0.05, 0.1) is 0 Å². The van der Waals surface area contributed by atoms with E-state index in [-0.39, 0.29) is 36.4 Å². The fraction of sp³-hybridized carbons (Fsp3) is 0.765. The highest BCUT2D eigenvalue weighted by atomic mass is 127. The number of carbonyl (C=O) groups is 1. The van der Waals surface area contributed by atoms with Gasteiger partial charge >= 0.3 is 0 Å². The van der Waals surface area contributed by atoms with Gasteiger partial charge in [-0.1, -0.05) is 26.3 Å². The van der Waals surface area contributed by atoms with Gasteiger partial charge in [0.1, 0.15) is 6.54 Å². The number of carbonyl (C=O) groups excluding carboxylic acids is 1. The third-order valence-corrected chi connectivity index (χ3v) is 4.20. The second-order valence-electron chi connectivity index (χ2n) is 6.68. The van der Waals surface area contributed by atoms with E-state index >= 15 is 0 Å². The van der Waals surface area contributed by atoms with E-state index < -0.39 is 0 Å². The summed E-state index contributed by atoms with van der Waals surface area (Å²) in [5, 5.41) is 3.30. The van der Waals surface area contributed by atoms with E-state index in [1.807, 2.05) is 6.08 Å². The fourth-order valence-corrected chi connectivity index (χ4v) is 3.02. The van der Waals surface area contributed by atoms with Crippen LogP contribution in [-0.2, 0) is 4.79 Å². The van der Waals surface area contributed by atoms with E-state index in [0.29, 0.717) is 12.0 Å². The first-order valence-corrected chi connectivity index (χ1v) is 8.26. The second-order valence-corrected chi connectivity index (χ2v) is 6.68. The van der Waals surface area contributed by atoms with Crippen LogP contribution in [0.2, 0.25) is 0 Å². The van der Waals surface area contributed by atoms with Crippen LogP contribution in [0.5, 0.6) is 0 Å². The van der Waals surface area contributed by atoms with Crippen molar-refractivity contribution in [3.8, 4) is 0 Å². The van der Waals surface area contributed by atoms with E-state index in [2.05, 4.69) is 35.6 Å². The molecular weight excluding hydrogens is 403 g/mol. The Bertz CT molecular complexity index is 407. The quantitative estimate of drug-likeness (QED) is 0.302. The number of aliphatic imine (C=N–C) groups is 1. The van der Waals surface area contributed by atoms with Crippen molar-refractivity contribution in [3.63, 3.8) is 0 Å². The lowest BCUT2D eigenvalue weighted by atomic mass is 9.78. The maximum atomic E-state index is 11.8. The molecule has 0 aromatic carbocycles. The largest absolute Gasteiger partial charge is 0.353 e. The monoisotopic (exact) mass is 436 g/mol. The fourth-order valence-electron chi connectivity index (χ4n) is 3.02. The first-order chi connectivity index (χ1) is 10.4. The molecule has 1 atom stereocenters. The summed E-state index contributed by atoms with van der Waals surface area (Å²) in [5.74, 6) is 0.850. The molecule has 23 heavy (non-hydrogen) atoms. The van der Waals surface area contributed by atoms with E-state index in [1.165, 1.54) is 25.7 Å². The number of nitrogens with one attached hydrogen (secondary N) is 1. The average molecular weight is 436 g/mol. The zero-order valence-corrected chi connectivity index (χ0v) is 17.4. The smallest absolute Gasteiger partial charge is 0.243 e. The minimum atomic E-state index is 0. The van der Waals surface area contributed by atoms with E-state index in [1.54, 1.807) is 19.0 Å². The summed E-state index contributed by atoms with van der Waals surface area (Å²) in [4.78, 5) is 20.2. The van der Waals surface area contributed by atoms with E-state index in [9.17, 15) is 4.79 Å². The predicted molar refractivity (Wildman–Crippen MR) is 108 cm³/mol. The molecular formula is C17H33IN4O. The molecule has 0 bridgehead atoms. The number of rotatable bonds is 6. The Balaban J connectivity index is 0.00000484. The zero-order chi connectivity index (χ0) is 16.6. The first-order valence-electron chi connectivity index (χ1n) is 8.26. The van der Waals surface area contributed by atoms with E-state index in [0.717, 1.165) is 19.0 Å². The van der Waals surface area contributed by atoms with Gasteiger partial charge in [0, 0.05) is 33.7 Å². The normalized spacial score (nSPS) is 21.4. The Morgan fingerprint density at radius 3 is 2.74 bits per heavy atom. The minimum absolute atomic E-state index is 0. The van der Waals surface area contributed by atoms with Gasteiger partial charge < -0.3 is 15.1 Å². The molecule has 1 aliphatic heterocycles. The molecule has 1 fully saturated rings. The molecule has 1 rings (SSSR count). The summed E-state index contributed by atoms with van der Waals surface area (Å²) in [6.07, 6.45) is 6.69. The van der Waals surface area contributed by atoms with E-state index in [4.69, 9.17) is 0 Å². The highest BCUT2D eigenvalue weighted by Gasteiger charge is 2.31. The van der Waals surface area contributed by atoms with Gasteiger partial charge in [-0.2, -0.15) is 0 Å². The zero-order valence-electron chi connectivity index (χ0n) is 15.1. The third kappa shape index (κ3) is 7.54. The van der Waals surface area contributed by atoms with Gasteiger partial charge in [0.25, 0.3) is 0 Å². The average Bonchev–Trinajstić information content (AvgIpc) is 2.46. The molecule has 1 unspecified atom stereocenters. The Labute approximate surface area is 158 Å². The molecule has 0 saturated carbocycles. The number of likely N-dealkylation sites (N-methyl/N-ethyl adjacent to an activating group) is 1. The number of guanidine groups is 1. The molecule has 1 saturated heterocycles. The molecule has 0 aromatic rings. The van der Waals surface area contributed by atoms with Crippen LogP contribution in [0.3, 0.4) is 0 Å². The van der Waals surface area contributed by atoms with Crippen molar-refractivity contribution in [1.82, 2.24) is 15.1 Å². The lowest BCUT2D eigenvalue weighted by Crippen LogP contribution is -2.50. The number of likely N-dealkylation sites (tertiary alicyclic amines) is 1. The predicted octanol–water partition coefficient (Wildman–Crippen LogP) is 2.73.